The molecule has 1 unspecified atom stereocenters. The zero-order chi connectivity index (χ0) is 17.2. The van der Waals surface area contributed by atoms with Crippen molar-refractivity contribution in [3.8, 4) is 16.9 Å². The Balaban J connectivity index is 1.91. The predicted molar refractivity (Wildman–Crippen MR) is 103 cm³/mol. The van der Waals surface area contributed by atoms with Crippen LogP contribution in [0.3, 0.4) is 0 Å². The van der Waals surface area contributed by atoms with Crippen LogP contribution in [0.15, 0.2) is 85.2 Å². The molecular formula is C23H21NO. The number of benzene rings is 2. The zero-order valence-corrected chi connectivity index (χ0v) is 14.5. The highest BCUT2D eigenvalue weighted by Crippen LogP contribution is 2.37. The fourth-order valence-electron chi connectivity index (χ4n) is 3.51. The van der Waals surface area contributed by atoms with Crippen LogP contribution in [0.5, 0.6) is 5.75 Å². The van der Waals surface area contributed by atoms with Crippen LogP contribution in [0.1, 0.15) is 24.0 Å². The summed E-state index contributed by atoms with van der Waals surface area (Å²) in [5.41, 5.74) is 6.42. The van der Waals surface area contributed by atoms with Crippen molar-refractivity contribution < 1.29 is 4.74 Å². The molecule has 0 fully saturated rings. The zero-order valence-electron chi connectivity index (χ0n) is 14.5. The lowest BCUT2D eigenvalue weighted by molar-refractivity contribution is 0.415. The van der Waals surface area contributed by atoms with Crippen molar-refractivity contribution in [2.24, 2.45) is 0 Å². The van der Waals surface area contributed by atoms with E-state index < -0.39 is 0 Å². The summed E-state index contributed by atoms with van der Waals surface area (Å²) >= 11 is 0. The number of aromatic nitrogens is 1. The summed E-state index contributed by atoms with van der Waals surface area (Å²) in [5, 5.41) is 0. The van der Waals surface area contributed by atoms with Crippen molar-refractivity contribution in [1.82, 2.24) is 4.40 Å². The Hall–Kier alpha value is -3.00. The maximum atomic E-state index is 5.31. The molecule has 0 aliphatic heterocycles. The molecule has 2 heteroatoms. The summed E-state index contributed by atoms with van der Waals surface area (Å²) in [7, 11) is 1.70. The number of pyridine rings is 1. The van der Waals surface area contributed by atoms with Gasteiger partial charge in [-0.2, -0.15) is 0 Å². The minimum Gasteiger partial charge on any atom is -0.497 e. The second-order valence-corrected chi connectivity index (χ2v) is 6.31. The Kier molecular flexibility index (Phi) is 4.02. The lowest BCUT2D eigenvalue weighted by atomic mass is 9.89. The van der Waals surface area contributed by atoms with Gasteiger partial charge in [0.1, 0.15) is 5.75 Å². The van der Waals surface area contributed by atoms with Crippen LogP contribution in [0.25, 0.3) is 16.6 Å². The Morgan fingerprint density at radius 2 is 1.56 bits per heavy atom. The third-order valence-corrected chi connectivity index (χ3v) is 4.86. The van der Waals surface area contributed by atoms with Gasteiger partial charge in [0.05, 0.1) is 7.11 Å². The van der Waals surface area contributed by atoms with Crippen molar-refractivity contribution in [2.75, 3.05) is 7.11 Å². The molecule has 2 nitrogen and oxygen atoms in total. The van der Waals surface area contributed by atoms with Crippen LogP contribution in [0, 0.1) is 0 Å². The summed E-state index contributed by atoms with van der Waals surface area (Å²) < 4.78 is 7.52. The fraction of sp³-hybridized carbons (Fsp3) is 0.130. The maximum Gasteiger partial charge on any atom is 0.118 e. The SMILES string of the molecule is COc1ccc(-c2cn3ccccc3c2C(C)c2ccccc2)cc1. The van der Waals surface area contributed by atoms with Crippen molar-refractivity contribution in [1.29, 1.82) is 0 Å². The largest absolute Gasteiger partial charge is 0.497 e. The smallest absolute Gasteiger partial charge is 0.118 e. The number of nitrogens with zero attached hydrogens (tertiary/aromatic N) is 1. The number of ether oxygens (including phenoxy) is 1. The van der Waals surface area contributed by atoms with E-state index in [1.165, 1.54) is 27.8 Å². The molecule has 0 saturated carbocycles. The predicted octanol–water partition coefficient (Wildman–Crippen LogP) is 5.77. The molecule has 2 heterocycles. The van der Waals surface area contributed by atoms with Crippen molar-refractivity contribution in [3.63, 3.8) is 0 Å². The molecule has 0 radical (unpaired) electrons. The van der Waals surface area contributed by atoms with Gasteiger partial charge in [-0.3, -0.25) is 0 Å². The van der Waals surface area contributed by atoms with Crippen LogP contribution in [0.2, 0.25) is 0 Å². The summed E-state index contributed by atoms with van der Waals surface area (Å²) in [4.78, 5) is 0. The molecule has 0 aliphatic carbocycles. The first kappa shape index (κ1) is 15.5. The average molecular weight is 327 g/mol. The van der Waals surface area contributed by atoms with E-state index >= 15 is 0 Å². The highest BCUT2D eigenvalue weighted by Gasteiger charge is 2.19. The minimum absolute atomic E-state index is 0.311. The molecular weight excluding hydrogens is 306 g/mol. The fourth-order valence-corrected chi connectivity index (χ4v) is 3.51. The maximum absolute atomic E-state index is 5.31. The van der Waals surface area contributed by atoms with E-state index in [4.69, 9.17) is 4.74 Å². The molecule has 0 saturated heterocycles. The van der Waals surface area contributed by atoms with Gasteiger partial charge in [-0.05, 0) is 41.0 Å². The molecule has 4 aromatic rings. The molecule has 2 aromatic heterocycles. The first-order valence-electron chi connectivity index (χ1n) is 8.57. The van der Waals surface area contributed by atoms with E-state index in [0.29, 0.717) is 5.92 Å². The number of methoxy groups -OCH3 is 1. The van der Waals surface area contributed by atoms with Crippen LogP contribution in [-0.4, -0.2) is 11.5 Å². The van der Waals surface area contributed by atoms with E-state index in [9.17, 15) is 0 Å². The third-order valence-electron chi connectivity index (χ3n) is 4.86. The van der Waals surface area contributed by atoms with Gasteiger partial charge in [-0.15, -0.1) is 0 Å². The van der Waals surface area contributed by atoms with E-state index in [1.807, 2.05) is 12.1 Å². The summed E-state index contributed by atoms with van der Waals surface area (Å²) in [6.07, 6.45) is 4.34. The summed E-state index contributed by atoms with van der Waals surface area (Å²) in [5.74, 6) is 1.19. The Morgan fingerprint density at radius 1 is 0.840 bits per heavy atom. The van der Waals surface area contributed by atoms with E-state index in [1.54, 1.807) is 7.11 Å². The van der Waals surface area contributed by atoms with E-state index in [-0.39, 0.29) is 0 Å². The van der Waals surface area contributed by atoms with Gasteiger partial charge in [-0.25, -0.2) is 0 Å². The summed E-state index contributed by atoms with van der Waals surface area (Å²) in [6.45, 7) is 2.28. The third kappa shape index (κ3) is 2.80. The van der Waals surface area contributed by atoms with Gasteiger partial charge >= 0.3 is 0 Å². The second kappa shape index (κ2) is 6.48. The van der Waals surface area contributed by atoms with Gasteiger partial charge in [0.2, 0.25) is 0 Å². The lowest BCUT2D eigenvalue weighted by Gasteiger charge is -2.15. The first-order chi connectivity index (χ1) is 12.3. The summed E-state index contributed by atoms with van der Waals surface area (Å²) in [6, 6.07) is 25.4. The van der Waals surface area contributed by atoms with Crippen molar-refractivity contribution >= 4 is 5.52 Å². The molecule has 124 valence electrons. The lowest BCUT2D eigenvalue weighted by Crippen LogP contribution is -1.97. The minimum atomic E-state index is 0.311. The first-order valence-corrected chi connectivity index (χ1v) is 8.57. The molecule has 0 spiro atoms. The topological polar surface area (TPSA) is 13.6 Å². The van der Waals surface area contributed by atoms with Crippen LogP contribution in [-0.2, 0) is 0 Å². The van der Waals surface area contributed by atoms with Gasteiger partial charge in [0, 0.05) is 29.4 Å². The van der Waals surface area contributed by atoms with Crippen LogP contribution < -0.4 is 4.74 Å². The number of hydrogen-bond acceptors (Lipinski definition) is 1. The highest BCUT2D eigenvalue weighted by molar-refractivity contribution is 5.78. The van der Waals surface area contributed by atoms with Crippen molar-refractivity contribution in [2.45, 2.75) is 12.8 Å². The molecule has 0 bridgehead atoms. The average Bonchev–Trinajstić information content (AvgIpc) is 3.07. The Morgan fingerprint density at radius 3 is 2.28 bits per heavy atom. The Bertz CT molecular complexity index is 984. The molecule has 0 N–H and O–H groups in total. The van der Waals surface area contributed by atoms with E-state index in [0.717, 1.165) is 5.75 Å². The molecule has 0 aliphatic rings. The van der Waals surface area contributed by atoms with Gasteiger partial charge in [0.25, 0.3) is 0 Å². The molecule has 4 rings (SSSR count). The number of hydrogen-bond donors (Lipinski definition) is 0. The van der Waals surface area contributed by atoms with Crippen LogP contribution >= 0.6 is 0 Å². The monoisotopic (exact) mass is 327 g/mol. The molecule has 1 atom stereocenters. The van der Waals surface area contributed by atoms with Crippen molar-refractivity contribution in [3.05, 3.63) is 96.3 Å². The normalized spacial score (nSPS) is 12.2. The molecule has 2 aromatic carbocycles. The standard InChI is InChI=1S/C23H21NO/c1-17(18-8-4-3-5-9-18)23-21(16-24-15-7-6-10-22(23)24)19-11-13-20(25-2)14-12-19/h3-17H,1-2H3. The molecule has 25 heavy (non-hydrogen) atoms. The van der Waals surface area contributed by atoms with Crippen LogP contribution in [0.4, 0.5) is 0 Å². The highest BCUT2D eigenvalue weighted by atomic mass is 16.5. The molecule has 0 amide bonds. The van der Waals surface area contributed by atoms with Gasteiger partial charge in [0.15, 0.2) is 0 Å². The van der Waals surface area contributed by atoms with E-state index in [2.05, 4.69) is 84.4 Å². The van der Waals surface area contributed by atoms with Gasteiger partial charge < -0.3 is 9.14 Å². The number of rotatable bonds is 4. The Labute approximate surface area is 148 Å². The number of fused-ring (bicyclic) bond motifs is 1. The second-order valence-electron chi connectivity index (χ2n) is 6.31. The van der Waals surface area contributed by atoms with Gasteiger partial charge in [-0.1, -0.05) is 55.5 Å². The quantitative estimate of drug-likeness (QED) is 0.464.